The lowest BCUT2D eigenvalue weighted by atomic mass is 9.92. The third kappa shape index (κ3) is 3.63. The maximum absolute atomic E-state index is 12.2. The largest absolute Gasteiger partial charge is 0.497 e. The van der Waals surface area contributed by atoms with E-state index in [0.717, 1.165) is 24.5 Å². The second-order valence-corrected chi connectivity index (χ2v) is 5.51. The van der Waals surface area contributed by atoms with Gasteiger partial charge in [-0.3, -0.25) is 0 Å². The zero-order valence-corrected chi connectivity index (χ0v) is 11.8. The van der Waals surface area contributed by atoms with Crippen molar-refractivity contribution in [3.05, 3.63) is 24.3 Å². The van der Waals surface area contributed by atoms with E-state index in [0.29, 0.717) is 11.8 Å². The van der Waals surface area contributed by atoms with Crippen molar-refractivity contribution in [2.24, 2.45) is 11.8 Å². The van der Waals surface area contributed by atoms with E-state index in [2.05, 4.69) is 19.2 Å². The monoisotopic (exact) mass is 262 g/mol. The van der Waals surface area contributed by atoms with E-state index >= 15 is 0 Å². The number of carbonyl (C=O) groups is 1. The van der Waals surface area contributed by atoms with Crippen molar-refractivity contribution in [1.29, 1.82) is 0 Å². The SMILES string of the molecule is COc1ccc(NC(=O)N2C[C@H](C)C[C@H](C)C2)cc1. The molecule has 1 N–H and O–H groups in total. The molecule has 2 rings (SSSR count). The number of benzene rings is 1. The Bertz CT molecular complexity index is 420. The van der Waals surface area contributed by atoms with Crippen molar-refractivity contribution < 1.29 is 9.53 Å². The summed E-state index contributed by atoms with van der Waals surface area (Å²) in [6, 6.07) is 7.39. The van der Waals surface area contributed by atoms with Crippen LogP contribution in [0.1, 0.15) is 20.3 Å². The zero-order valence-electron chi connectivity index (χ0n) is 11.8. The number of piperidine rings is 1. The number of nitrogens with zero attached hydrogens (tertiary/aromatic N) is 1. The van der Waals surface area contributed by atoms with E-state index in [1.165, 1.54) is 6.42 Å². The zero-order chi connectivity index (χ0) is 13.8. The minimum absolute atomic E-state index is 0.0106. The molecule has 0 saturated carbocycles. The summed E-state index contributed by atoms with van der Waals surface area (Å²) >= 11 is 0. The first-order valence-electron chi connectivity index (χ1n) is 6.78. The van der Waals surface area contributed by atoms with Crippen LogP contribution in [0, 0.1) is 11.8 Å². The summed E-state index contributed by atoms with van der Waals surface area (Å²) in [4.78, 5) is 14.1. The molecule has 0 aliphatic carbocycles. The Kier molecular flexibility index (Phi) is 4.30. The third-order valence-electron chi connectivity index (χ3n) is 3.50. The van der Waals surface area contributed by atoms with Crippen LogP contribution in [0.3, 0.4) is 0 Å². The molecule has 1 aliphatic rings. The van der Waals surface area contributed by atoms with Crippen LogP contribution in [0.25, 0.3) is 0 Å². The van der Waals surface area contributed by atoms with Gasteiger partial charge in [0.05, 0.1) is 7.11 Å². The first kappa shape index (κ1) is 13.7. The topological polar surface area (TPSA) is 41.6 Å². The van der Waals surface area contributed by atoms with Gasteiger partial charge in [0.1, 0.15) is 5.75 Å². The number of likely N-dealkylation sites (tertiary alicyclic amines) is 1. The number of nitrogens with one attached hydrogen (secondary N) is 1. The van der Waals surface area contributed by atoms with Crippen molar-refractivity contribution in [2.75, 3.05) is 25.5 Å². The molecule has 1 aliphatic heterocycles. The number of amides is 2. The summed E-state index contributed by atoms with van der Waals surface area (Å²) in [7, 11) is 1.63. The molecule has 4 heteroatoms. The van der Waals surface area contributed by atoms with Gasteiger partial charge in [-0.1, -0.05) is 13.8 Å². The van der Waals surface area contributed by atoms with E-state index in [-0.39, 0.29) is 6.03 Å². The van der Waals surface area contributed by atoms with E-state index in [1.807, 2.05) is 29.2 Å². The van der Waals surface area contributed by atoms with E-state index in [4.69, 9.17) is 4.74 Å². The van der Waals surface area contributed by atoms with E-state index < -0.39 is 0 Å². The van der Waals surface area contributed by atoms with Gasteiger partial charge < -0.3 is 15.0 Å². The van der Waals surface area contributed by atoms with Gasteiger partial charge in [0.25, 0.3) is 0 Å². The fourth-order valence-corrected chi connectivity index (χ4v) is 2.71. The molecular formula is C15H22N2O2. The number of methoxy groups -OCH3 is 1. The Morgan fingerprint density at radius 1 is 1.21 bits per heavy atom. The van der Waals surface area contributed by atoms with E-state index in [9.17, 15) is 4.79 Å². The van der Waals surface area contributed by atoms with Gasteiger partial charge in [-0.2, -0.15) is 0 Å². The minimum atomic E-state index is -0.0106. The molecule has 1 aromatic rings. The van der Waals surface area contributed by atoms with Crippen LogP contribution >= 0.6 is 0 Å². The maximum Gasteiger partial charge on any atom is 0.321 e. The van der Waals surface area contributed by atoms with Crippen LogP contribution in [0.15, 0.2) is 24.3 Å². The van der Waals surface area contributed by atoms with Gasteiger partial charge >= 0.3 is 6.03 Å². The molecular weight excluding hydrogens is 240 g/mol. The number of urea groups is 1. The molecule has 19 heavy (non-hydrogen) atoms. The highest BCUT2D eigenvalue weighted by Crippen LogP contribution is 2.22. The smallest absolute Gasteiger partial charge is 0.321 e. The predicted molar refractivity (Wildman–Crippen MR) is 76.5 cm³/mol. The van der Waals surface area contributed by atoms with Crippen LogP contribution in [-0.2, 0) is 0 Å². The molecule has 2 atom stereocenters. The van der Waals surface area contributed by atoms with E-state index in [1.54, 1.807) is 7.11 Å². The number of anilines is 1. The quantitative estimate of drug-likeness (QED) is 0.889. The van der Waals surface area contributed by atoms with Gasteiger partial charge in [-0.05, 0) is 42.5 Å². The molecule has 104 valence electrons. The summed E-state index contributed by atoms with van der Waals surface area (Å²) in [5, 5.41) is 2.94. The Labute approximate surface area is 114 Å². The summed E-state index contributed by atoms with van der Waals surface area (Å²) in [6.45, 7) is 6.07. The third-order valence-corrected chi connectivity index (χ3v) is 3.50. The van der Waals surface area contributed by atoms with Gasteiger partial charge in [0.15, 0.2) is 0 Å². The highest BCUT2D eigenvalue weighted by atomic mass is 16.5. The molecule has 0 spiro atoms. The molecule has 1 aromatic carbocycles. The molecule has 1 saturated heterocycles. The number of hydrogen-bond donors (Lipinski definition) is 1. The first-order valence-corrected chi connectivity index (χ1v) is 6.78. The van der Waals surface area contributed by atoms with Gasteiger partial charge in [-0.25, -0.2) is 4.79 Å². The average molecular weight is 262 g/mol. The lowest BCUT2D eigenvalue weighted by molar-refractivity contribution is 0.156. The van der Waals surface area contributed by atoms with Crippen molar-refractivity contribution in [3.63, 3.8) is 0 Å². The first-order chi connectivity index (χ1) is 9.08. The second-order valence-electron chi connectivity index (χ2n) is 5.51. The van der Waals surface area contributed by atoms with Crippen LogP contribution in [-0.4, -0.2) is 31.1 Å². The lowest BCUT2D eigenvalue weighted by Crippen LogP contribution is -2.44. The predicted octanol–water partition coefficient (Wildman–Crippen LogP) is 3.21. The summed E-state index contributed by atoms with van der Waals surface area (Å²) < 4.78 is 5.10. The summed E-state index contributed by atoms with van der Waals surface area (Å²) in [5.41, 5.74) is 0.802. The average Bonchev–Trinajstić information content (AvgIpc) is 2.38. The highest BCUT2D eigenvalue weighted by molar-refractivity contribution is 5.89. The van der Waals surface area contributed by atoms with Gasteiger partial charge in [0.2, 0.25) is 0 Å². The lowest BCUT2D eigenvalue weighted by Gasteiger charge is -2.34. The molecule has 0 radical (unpaired) electrons. The van der Waals surface area contributed by atoms with Crippen LogP contribution in [0.4, 0.5) is 10.5 Å². The van der Waals surface area contributed by atoms with Crippen molar-refractivity contribution >= 4 is 11.7 Å². The molecule has 0 unspecified atom stereocenters. The maximum atomic E-state index is 12.2. The molecule has 2 amide bonds. The highest BCUT2D eigenvalue weighted by Gasteiger charge is 2.25. The normalized spacial score (nSPS) is 23.0. The van der Waals surface area contributed by atoms with Crippen molar-refractivity contribution in [1.82, 2.24) is 4.90 Å². The minimum Gasteiger partial charge on any atom is -0.497 e. The Balaban J connectivity index is 1.96. The Morgan fingerprint density at radius 2 is 1.79 bits per heavy atom. The molecule has 0 aromatic heterocycles. The molecule has 4 nitrogen and oxygen atoms in total. The summed E-state index contributed by atoms with van der Waals surface area (Å²) in [5.74, 6) is 1.94. The van der Waals surface area contributed by atoms with Crippen LogP contribution in [0.2, 0.25) is 0 Å². The van der Waals surface area contributed by atoms with Gasteiger partial charge in [-0.15, -0.1) is 0 Å². The van der Waals surface area contributed by atoms with Gasteiger partial charge in [0, 0.05) is 18.8 Å². The molecule has 1 fully saturated rings. The second kappa shape index (κ2) is 5.95. The number of hydrogen-bond acceptors (Lipinski definition) is 2. The molecule has 1 heterocycles. The Hall–Kier alpha value is -1.71. The molecule has 0 bridgehead atoms. The van der Waals surface area contributed by atoms with Crippen LogP contribution in [0.5, 0.6) is 5.75 Å². The fourth-order valence-electron chi connectivity index (χ4n) is 2.71. The van der Waals surface area contributed by atoms with Crippen molar-refractivity contribution in [2.45, 2.75) is 20.3 Å². The number of carbonyl (C=O) groups excluding carboxylic acids is 1. The number of rotatable bonds is 2. The summed E-state index contributed by atoms with van der Waals surface area (Å²) in [6.07, 6.45) is 1.20. The standard InChI is InChI=1S/C15H22N2O2/c1-11-8-12(2)10-17(9-11)15(18)16-13-4-6-14(19-3)7-5-13/h4-7,11-12H,8-10H2,1-3H3,(H,16,18)/t11-,12+. The fraction of sp³-hybridized carbons (Fsp3) is 0.533. The number of ether oxygens (including phenoxy) is 1. The van der Waals surface area contributed by atoms with Crippen molar-refractivity contribution in [3.8, 4) is 5.75 Å². The Morgan fingerprint density at radius 3 is 2.32 bits per heavy atom. The van der Waals surface area contributed by atoms with Crippen LogP contribution < -0.4 is 10.1 Å².